The number of fused-ring (bicyclic) bond motifs is 1. The summed E-state index contributed by atoms with van der Waals surface area (Å²) in [5, 5.41) is 3.82. The van der Waals surface area contributed by atoms with E-state index in [1.165, 1.54) is 0 Å². The van der Waals surface area contributed by atoms with E-state index in [0.29, 0.717) is 0 Å². The number of nitrogens with one attached hydrogen (secondary N) is 2. The van der Waals surface area contributed by atoms with E-state index >= 15 is 0 Å². The van der Waals surface area contributed by atoms with Crippen LogP contribution in [0.3, 0.4) is 0 Å². The number of ether oxygens (including phenoxy) is 1. The molecule has 0 saturated carbocycles. The molecule has 1 aliphatic rings. The SMILES string of the molecule is CC1(C)OB(C(=Cc2cnc3[nH]ccc3c2)CNC(=O)OCc2ccccc2)OC1(C)C. The molecule has 0 aliphatic carbocycles. The molecule has 1 aliphatic heterocycles. The quantitative estimate of drug-likeness (QED) is 0.559. The summed E-state index contributed by atoms with van der Waals surface area (Å²) < 4.78 is 17.8. The second-order valence-electron chi connectivity index (χ2n) is 8.91. The van der Waals surface area contributed by atoms with Crippen molar-refractivity contribution >= 4 is 30.3 Å². The molecular formula is C24H28BN3O4. The Morgan fingerprint density at radius 3 is 2.59 bits per heavy atom. The second-order valence-corrected chi connectivity index (χ2v) is 8.91. The number of aromatic nitrogens is 2. The normalized spacial score (nSPS) is 17.5. The Bertz CT molecular complexity index is 1110. The Labute approximate surface area is 188 Å². The Morgan fingerprint density at radius 1 is 1.16 bits per heavy atom. The van der Waals surface area contributed by atoms with Gasteiger partial charge in [0.05, 0.1) is 11.2 Å². The topological polar surface area (TPSA) is 85.5 Å². The van der Waals surface area contributed by atoms with E-state index in [2.05, 4.69) is 15.3 Å². The van der Waals surface area contributed by atoms with Gasteiger partial charge >= 0.3 is 13.2 Å². The molecule has 1 amide bonds. The first-order valence-corrected chi connectivity index (χ1v) is 10.7. The smallest absolute Gasteiger partial charge is 0.445 e. The molecule has 4 rings (SSSR count). The lowest BCUT2D eigenvalue weighted by molar-refractivity contribution is 0.00578. The predicted molar refractivity (Wildman–Crippen MR) is 125 cm³/mol. The summed E-state index contributed by atoms with van der Waals surface area (Å²) in [5.74, 6) is 0. The third-order valence-corrected chi connectivity index (χ3v) is 5.98. The van der Waals surface area contributed by atoms with Crippen LogP contribution < -0.4 is 5.32 Å². The van der Waals surface area contributed by atoms with E-state index in [-0.39, 0.29) is 13.2 Å². The first kappa shape index (κ1) is 22.1. The van der Waals surface area contributed by atoms with Gasteiger partial charge in [-0.1, -0.05) is 36.4 Å². The highest BCUT2D eigenvalue weighted by Crippen LogP contribution is 2.38. The van der Waals surface area contributed by atoms with Crippen LogP contribution in [0.5, 0.6) is 0 Å². The zero-order valence-electron chi connectivity index (χ0n) is 18.8. The summed E-state index contributed by atoms with van der Waals surface area (Å²) in [6.07, 6.45) is 5.07. The van der Waals surface area contributed by atoms with Crippen LogP contribution in [-0.2, 0) is 20.7 Å². The van der Waals surface area contributed by atoms with Gasteiger partial charge in [0.2, 0.25) is 0 Å². The number of rotatable bonds is 6. The zero-order valence-corrected chi connectivity index (χ0v) is 18.8. The number of carbonyl (C=O) groups is 1. The van der Waals surface area contributed by atoms with Crippen molar-refractivity contribution < 1.29 is 18.8 Å². The number of nitrogens with zero attached hydrogens (tertiary/aromatic N) is 1. The van der Waals surface area contributed by atoms with Crippen LogP contribution in [0.1, 0.15) is 38.8 Å². The number of aromatic amines is 1. The molecule has 3 aromatic rings. The Balaban J connectivity index is 1.50. The highest BCUT2D eigenvalue weighted by molar-refractivity contribution is 6.56. The highest BCUT2D eigenvalue weighted by atomic mass is 16.7. The van der Waals surface area contributed by atoms with Gasteiger partial charge in [-0.2, -0.15) is 0 Å². The number of hydrogen-bond acceptors (Lipinski definition) is 5. The number of carbonyl (C=O) groups excluding carboxylic acids is 1. The third kappa shape index (κ3) is 4.87. The van der Waals surface area contributed by atoms with Gasteiger partial charge in [-0.25, -0.2) is 9.78 Å². The van der Waals surface area contributed by atoms with E-state index in [9.17, 15) is 4.79 Å². The summed E-state index contributed by atoms with van der Waals surface area (Å²) in [5.41, 5.74) is 2.43. The molecule has 1 aromatic carbocycles. The van der Waals surface area contributed by atoms with Gasteiger partial charge in [-0.05, 0) is 56.4 Å². The van der Waals surface area contributed by atoms with Gasteiger partial charge in [-0.15, -0.1) is 0 Å². The molecule has 7 nitrogen and oxygen atoms in total. The molecule has 166 valence electrons. The van der Waals surface area contributed by atoms with Crippen LogP contribution >= 0.6 is 0 Å². The average molecular weight is 433 g/mol. The molecule has 32 heavy (non-hydrogen) atoms. The summed E-state index contributed by atoms with van der Waals surface area (Å²) in [4.78, 5) is 19.9. The van der Waals surface area contributed by atoms with E-state index in [0.717, 1.165) is 27.6 Å². The van der Waals surface area contributed by atoms with Gasteiger partial charge in [0.15, 0.2) is 0 Å². The number of amides is 1. The van der Waals surface area contributed by atoms with Crippen molar-refractivity contribution in [2.24, 2.45) is 0 Å². The largest absolute Gasteiger partial charge is 0.492 e. The van der Waals surface area contributed by atoms with Crippen LogP contribution in [0.2, 0.25) is 0 Å². The van der Waals surface area contributed by atoms with Gasteiger partial charge in [0, 0.05) is 24.3 Å². The first-order chi connectivity index (χ1) is 15.2. The molecule has 1 saturated heterocycles. The number of pyridine rings is 1. The van der Waals surface area contributed by atoms with Crippen LogP contribution in [0.4, 0.5) is 4.79 Å². The second kappa shape index (κ2) is 8.80. The summed E-state index contributed by atoms with van der Waals surface area (Å²) in [6, 6.07) is 13.5. The highest BCUT2D eigenvalue weighted by Gasteiger charge is 2.52. The lowest BCUT2D eigenvalue weighted by Gasteiger charge is -2.32. The maximum atomic E-state index is 12.3. The molecule has 0 atom stereocenters. The molecule has 3 heterocycles. The Hall–Kier alpha value is -3.10. The van der Waals surface area contributed by atoms with Crippen LogP contribution in [0, 0.1) is 0 Å². The van der Waals surface area contributed by atoms with Crippen LogP contribution in [0.25, 0.3) is 17.1 Å². The van der Waals surface area contributed by atoms with Crippen molar-refractivity contribution in [3.63, 3.8) is 0 Å². The van der Waals surface area contributed by atoms with E-state index in [1.807, 2.05) is 82.4 Å². The number of H-pyrrole nitrogens is 1. The predicted octanol–water partition coefficient (Wildman–Crippen LogP) is 4.50. The monoisotopic (exact) mass is 433 g/mol. The standard InChI is InChI=1S/C24H28BN3O4/c1-23(2)24(3,4)32-25(31-23)20(13-18-12-19-10-11-26-21(19)27-14-18)15-28-22(29)30-16-17-8-6-5-7-9-17/h5-14H,15-16H2,1-4H3,(H,26,27)(H,28,29). The molecule has 0 unspecified atom stereocenters. The van der Waals surface area contributed by atoms with Gasteiger partial charge in [0.1, 0.15) is 12.3 Å². The van der Waals surface area contributed by atoms with Crippen molar-refractivity contribution in [1.82, 2.24) is 15.3 Å². The summed E-state index contributed by atoms with van der Waals surface area (Å²) in [7, 11) is -0.601. The molecule has 2 N–H and O–H groups in total. The van der Waals surface area contributed by atoms with Crippen LogP contribution in [-0.4, -0.2) is 40.9 Å². The Morgan fingerprint density at radius 2 is 1.88 bits per heavy atom. The van der Waals surface area contributed by atoms with Gasteiger partial charge in [0.25, 0.3) is 0 Å². The van der Waals surface area contributed by atoms with Crippen molar-refractivity contribution in [2.45, 2.75) is 45.5 Å². The van der Waals surface area contributed by atoms with E-state index < -0.39 is 24.4 Å². The molecule has 8 heteroatoms. The maximum Gasteiger partial charge on any atom is 0.492 e. The minimum absolute atomic E-state index is 0.205. The maximum absolute atomic E-state index is 12.3. The lowest BCUT2D eigenvalue weighted by atomic mass is 9.77. The summed E-state index contributed by atoms with van der Waals surface area (Å²) in [6.45, 7) is 8.42. The number of benzene rings is 1. The lowest BCUT2D eigenvalue weighted by Crippen LogP contribution is -2.41. The molecular weight excluding hydrogens is 405 g/mol. The molecule has 0 radical (unpaired) electrons. The number of hydrogen-bond donors (Lipinski definition) is 2. The average Bonchev–Trinajstić information content (AvgIpc) is 3.31. The van der Waals surface area contributed by atoms with Crippen molar-refractivity contribution in [1.29, 1.82) is 0 Å². The fraction of sp³-hybridized carbons (Fsp3) is 0.333. The minimum Gasteiger partial charge on any atom is -0.445 e. The zero-order chi connectivity index (χ0) is 22.8. The molecule has 2 aromatic heterocycles. The molecule has 0 spiro atoms. The minimum atomic E-state index is -0.601. The molecule has 0 bridgehead atoms. The number of alkyl carbamates (subject to hydrolysis) is 1. The van der Waals surface area contributed by atoms with Crippen molar-refractivity contribution in [3.8, 4) is 0 Å². The first-order valence-electron chi connectivity index (χ1n) is 10.7. The summed E-state index contributed by atoms with van der Waals surface area (Å²) >= 11 is 0. The van der Waals surface area contributed by atoms with E-state index in [1.54, 1.807) is 6.20 Å². The molecule has 1 fully saturated rings. The van der Waals surface area contributed by atoms with Crippen molar-refractivity contribution in [2.75, 3.05) is 6.54 Å². The third-order valence-electron chi connectivity index (χ3n) is 5.98. The van der Waals surface area contributed by atoms with E-state index in [4.69, 9.17) is 14.0 Å². The Kier molecular flexibility index (Phi) is 6.08. The fourth-order valence-corrected chi connectivity index (χ4v) is 3.40. The van der Waals surface area contributed by atoms with Crippen molar-refractivity contribution in [3.05, 3.63) is 71.5 Å². The fourth-order valence-electron chi connectivity index (χ4n) is 3.40. The van der Waals surface area contributed by atoms with Gasteiger partial charge in [-0.3, -0.25) is 0 Å². The van der Waals surface area contributed by atoms with Gasteiger partial charge < -0.3 is 24.3 Å². The van der Waals surface area contributed by atoms with Crippen LogP contribution in [0.15, 0.2) is 60.3 Å².